The topological polar surface area (TPSA) is 166 Å². The molecule has 72 heavy (non-hydrogen) atoms. The average molecular weight is 1030 g/mol. The molecule has 2 aliphatic heterocycles. The molecule has 2 fully saturated rings. The van der Waals surface area contributed by atoms with Gasteiger partial charge in [0.15, 0.2) is 5.11 Å². The van der Waals surface area contributed by atoms with Gasteiger partial charge < -0.3 is 34.6 Å². The van der Waals surface area contributed by atoms with Gasteiger partial charge in [0, 0.05) is 38.6 Å². The summed E-state index contributed by atoms with van der Waals surface area (Å²) >= 11 is 7.24. The molecule has 2 atom stereocenters. The van der Waals surface area contributed by atoms with E-state index in [9.17, 15) is 37.6 Å². The molecule has 0 spiro atoms. The van der Waals surface area contributed by atoms with Crippen LogP contribution in [0.15, 0.2) is 72.2 Å². The largest absolute Gasteiger partial charge is 0.494 e. The smallest absolute Gasteiger partial charge is 0.417 e. The Hall–Kier alpha value is -5.94. The second kappa shape index (κ2) is 23.3. The lowest BCUT2D eigenvalue weighted by atomic mass is 9.85. The maximum Gasteiger partial charge on any atom is 0.417 e. The molecule has 2 N–H and O–H groups in total. The summed E-state index contributed by atoms with van der Waals surface area (Å²) in [6.07, 6.45) is -1.53. The van der Waals surface area contributed by atoms with Gasteiger partial charge >= 0.3 is 6.18 Å². The van der Waals surface area contributed by atoms with Crippen molar-refractivity contribution in [2.75, 3.05) is 49.4 Å². The monoisotopic (exact) mass is 1030 g/mol. The van der Waals surface area contributed by atoms with E-state index in [1.807, 2.05) is 57.5 Å². The maximum absolute atomic E-state index is 14.0. The third-order valence-corrected chi connectivity index (χ3v) is 14.3. The van der Waals surface area contributed by atoms with Crippen molar-refractivity contribution in [3.63, 3.8) is 0 Å². The molecule has 19 heteroatoms. The molecule has 1 aromatic heterocycles. The summed E-state index contributed by atoms with van der Waals surface area (Å²) in [4.78, 5) is 63.7. The van der Waals surface area contributed by atoms with Crippen LogP contribution >= 0.6 is 23.6 Å². The number of nitrogens with zero attached hydrogens (tertiary/aromatic N) is 5. The van der Waals surface area contributed by atoms with E-state index in [1.54, 1.807) is 65.3 Å². The molecular formula is C53H64F3N7O7S2. The molecule has 2 saturated heterocycles. The molecule has 6 rings (SSSR count). The minimum Gasteiger partial charge on any atom is -0.494 e. The summed E-state index contributed by atoms with van der Waals surface area (Å²) in [5.74, 6) is -0.862. The lowest BCUT2D eigenvalue weighted by Gasteiger charge is -2.35. The Morgan fingerprint density at radius 2 is 1.61 bits per heavy atom. The number of nitrogens with one attached hydrogen (secondary N) is 2. The van der Waals surface area contributed by atoms with E-state index in [-0.39, 0.29) is 41.2 Å². The van der Waals surface area contributed by atoms with Crippen LogP contribution in [0.25, 0.3) is 10.4 Å². The van der Waals surface area contributed by atoms with Gasteiger partial charge in [-0.25, -0.2) is 4.98 Å². The SMILES string of the molecule is Cc1ncsc1-c1ccc(CNC(=O)[C@@H]2CCCN2C(=O)C(NC(=O)COCCCOCCC(C)(C)CCOc2ccc(N3C(=S)N(c4ccc(C#N)c(C(F)(F)F)c4)C(=O)C3(C)C)cc2)C(C)(C)C)cc1. The van der Waals surface area contributed by atoms with Gasteiger partial charge in [0.2, 0.25) is 17.7 Å². The van der Waals surface area contributed by atoms with E-state index in [4.69, 9.17) is 26.4 Å². The third-order valence-electron chi connectivity index (χ3n) is 12.9. The Morgan fingerprint density at radius 1 is 0.944 bits per heavy atom. The number of nitriles is 1. The number of aryl methyl sites for hydroxylation is 1. The minimum absolute atomic E-state index is 0.00376. The number of hydrogen-bond donors (Lipinski definition) is 2. The molecule has 3 heterocycles. The zero-order valence-electron chi connectivity index (χ0n) is 42.1. The Labute approximate surface area is 429 Å². The van der Waals surface area contributed by atoms with Gasteiger partial charge in [0.1, 0.15) is 30.0 Å². The number of carbonyl (C=O) groups is 4. The predicted octanol–water partition coefficient (Wildman–Crippen LogP) is 9.37. The van der Waals surface area contributed by atoms with Gasteiger partial charge in [-0.3, -0.25) is 24.1 Å². The van der Waals surface area contributed by atoms with E-state index in [0.29, 0.717) is 63.6 Å². The first-order chi connectivity index (χ1) is 33.9. The highest BCUT2D eigenvalue weighted by Gasteiger charge is 2.51. The summed E-state index contributed by atoms with van der Waals surface area (Å²) in [5, 5.41) is 15.1. The van der Waals surface area contributed by atoms with Crippen LogP contribution in [0, 0.1) is 29.1 Å². The standard InChI is InChI=1S/C53H64F3N7O7S2/c1-34-44(72-33-59-34)36-14-12-35(13-15-36)31-58-46(65)42-11-9-24-61(42)47(66)45(50(2,3)4)60-43(64)32-69-26-10-25-68-27-22-51(5,6)23-28-70-40-20-18-38(19-21-40)63-49(71)62(48(67)52(63,7)8)39-17-16-37(30-57)41(29-39)53(54,55)56/h12-21,29,33,42,45H,9-11,22-28,31-32H2,1-8H3,(H,58,65)(H,60,64)/t42-,45?/m0/s1. The summed E-state index contributed by atoms with van der Waals surface area (Å²) in [7, 11) is 0. The zero-order valence-corrected chi connectivity index (χ0v) is 43.7. The van der Waals surface area contributed by atoms with Gasteiger partial charge in [-0.1, -0.05) is 58.9 Å². The highest BCUT2D eigenvalue weighted by atomic mass is 32.1. The number of likely N-dealkylation sites (tertiary alicyclic amines) is 1. The zero-order chi connectivity index (χ0) is 52.6. The first-order valence-electron chi connectivity index (χ1n) is 24.0. The molecule has 0 radical (unpaired) electrons. The maximum atomic E-state index is 14.0. The van der Waals surface area contributed by atoms with Crippen LogP contribution in [0.4, 0.5) is 24.5 Å². The predicted molar refractivity (Wildman–Crippen MR) is 274 cm³/mol. The Balaban J connectivity index is 0.871. The molecule has 4 aromatic rings. The number of rotatable bonds is 21. The quantitative estimate of drug-likeness (QED) is 0.0603. The number of alkyl halides is 3. The van der Waals surface area contributed by atoms with E-state index in [1.165, 1.54) is 6.07 Å². The number of hydrogen-bond acceptors (Lipinski definition) is 11. The fraction of sp³-hybridized carbons (Fsp3) is 0.491. The Bertz CT molecular complexity index is 2630. The van der Waals surface area contributed by atoms with Crippen molar-refractivity contribution in [1.82, 2.24) is 20.5 Å². The lowest BCUT2D eigenvalue weighted by Crippen LogP contribution is -2.58. The number of carbonyl (C=O) groups excluding carboxylic acids is 4. The highest BCUT2D eigenvalue weighted by Crippen LogP contribution is 2.40. The van der Waals surface area contributed by atoms with Crippen LogP contribution in [-0.4, -0.2) is 95.8 Å². The molecule has 2 aliphatic rings. The van der Waals surface area contributed by atoms with Crippen molar-refractivity contribution in [2.24, 2.45) is 10.8 Å². The molecule has 386 valence electrons. The van der Waals surface area contributed by atoms with Gasteiger partial charge in [-0.2, -0.15) is 18.4 Å². The van der Waals surface area contributed by atoms with Crippen LogP contribution in [0.1, 0.15) is 103 Å². The van der Waals surface area contributed by atoms with Gasteiger partial charge in [0.25, 0.3) is 5.91 Å². The molecule has 0 saturated carbocycles. The summed E-state index contributed by atoms with van der Waals surface area (Å²) in [5.41, 5.74) is 1.62. The number of halogens is 3. The van der Waals surface area contributed by atoms with Gasteiger partial charge in [-0.05, 0) is 130 Å². The number of thiazole rings is 1. The number of benzene rings is 3. The first-order valence-corrected chi connectivity index (χ1v) is 25.3. The van der Waals surface area contributed by atoms with Crippen molar-refractivity contribution in [2.45, 2.75) is 118 Å². The Morgan fingerprint density at radius 3 is 2.25 bits per heavy atom. The highest BCUT2D eigenvalue weighted by molar-refractivity contribution is 7.81. The number of thiocarbonyl (C=S) groups is 1. The fourth-order valence-electron chi connectivity index (χ4n) is 8.58. The van der Waals surface area contributed by atoms with Crippen LogP contribution in [0.3, 0.4) is 0 Å². The average Bonchev–Trinajstić information content (AvgIpc) is 4.04. The fourth-order valence-corrected chi connectivity index (χ4v) is 9.91. The molecule has 0 bridgehead atoms. The summed E-state index contributed by atoms with van der Waals surface area (Å²) < 4.78 is 58.8. The van der Waals surface area contributed by atoms with Crippen molar-refractivity contribution in [3.05, 3.63) is 94.6 Å². The van der Waals surface area contributed by atoms with Crippen LogP contribution < -0.4 is 25.2 Å². The molecule has 3 aromatic carbocycles. The lowest BCUT2D eigenvalue weighted by molar-refractivity contribution is -0.144. The van der Waals surface area contributed by atoms with E-state index >= 15 is 0 Å². The van der Waals surface area contributed by atoms with Gasteiger partial charge in [0.05, 0.1) is 45.6 Å². The van der Waals surface area contributed by atoms with E-state index < -0.39 is 52.2 Å². The number of aromatic nitrogens is 1. The molecule has 14 nitrogen and oxygen atoms in total. The number of anilines is 2. The first kappa shape index (κ1) is 55.4. The van der Waals surface area contributed by atoms with Crippen molar-refractivity contribution < 1.29 is 46.6 Å². The van der Waals surface area contributed by atoms with Crippen molar-refractivity contribution in [3.8, 4) is 22.3 Å². The summed E-state index contributed by atoms with van der Waals surface area (Å²) in [6, 6.07) is 18.1. The van der Waals surface area contributed by atoms with E-state index in [2.05, 4.69) is 29.5 Å². The number of amides is 4. The second-order valence-electron chi connectivity index (χ2n) is 20.4. The normalized spacial score (nSPS) is 16.5. The third kappa shape index (κ3) is 13.6. The van der Waals surface area contributed by atoms with E-state index in [0.717, 1.165) is 51.6 Å². The molecule has 4 amide bonds. The van der Waals surface area contributed by atoms with Crippen LogP contribution in [0.5, 0.6) is 5.75 Å². The second-order valence-corrected chi connectivity index (χ2v) is 21.6. The van der Waals surface area contributed by atoms with Crippen LogP contribution in [0.2, 0.25) is 0 Å². The number of ether oxygens (including phenoxy) is 3. The van der Waals surface area contributed by atoms with Gasteiger partial charge in [-0.15, -0.1) is 11.3 Å². The Kier molecular flexibility index (Phi) is 17.9. The summed E-state index contributed by atoms with van der Waals surface area (Å²) in [6.45, 7) is 17.3. The van der Waals surface area contributed by atoms with Crippen molar-refractivity contribution >= 4 is 63.7 Å². The molecular weight excluding hydrogens is 968 g/mol. The minimum atomic E-state index is -4.80. The van der Waals surface area contributed by atoms with Crippen molar-refractivity contribution in [1.29, 1.82) is 5.26 Å². The molecule has 0 aliphatic carbocycles. The van der Waals surface area contributed by atoms with Crippen LogP contribution in [-0.2, 0) is 41.4 Å². The molecule has 1 unspecified atom stereocenters.